The molecule has 0 aromatic carbocycles. The van der Waals surface area contributed by atoms with Crippen LogP contribution >= 0.6 is 0 Å². The fourth-order valence-electron chi connectivity index (χ4n) is 0.519. The van der Waals surface area contributed by atoms with Crippen LogP contribution in [0.1, 0.15) is 12.6 Å². The molecule has 0 unspecified atom stereocenters. The predicted molar refractivity (Wildman–Crippen MR) is 36.7 cm³/mol. The summed E-state index contributed by atoms with van der Waals surface area (Å²) in [5.41, 5.74) is 1.81. The zero-order chi connectivity index (χ0) is 6.69. The first-order valence-corrected chi connectivity index (χ1v) is 2.72. The minimum atomic E-state index is 0.859. The van der Waals surface area contributed by atoms with Crippen molar-refractivity contribution in [3.8, 4) is 0 Å². The highest BCUT2D eigenvalue weighted by Crippen LogP contribution is 2.02. The first-order chi connectivity index (χ1) is 4.30. The van der Waals surface area contributed by atoms with Crippen molar-refractivity contribution in [2.75, 3.05) is 0 Å². The Balaban J connectivity index is 2.98. The summed E-state index contributed by atoms with van der Waals surface area (Å²) in [6.07, 6.45) is 5.00. The lowest BCUT2D eigenvalue weighted by molar-refractivity contribution is 1.16. The number of rotatable bonds is 1. The van der Waals surface area contributed by atoms with Crippen LogP contribution in [0.2, 0.25) is 0 Å². The van der Waals surface area contributed by atoms with Crippen molar-refractivity contribution in [1.29, 1.82) is 0 Å². The quantitative estimate of drug-likeness (QED) is 0.526. The fourth-order valence-corrected chi connectivity index (χ4v) is 0.519. The number of nitrogens with zero attached hydrogens (tertiary/aromatic N) is 2. The molecular formula is C7H8N2. The van der Waals surface area contributed by atoms with Crippen LogP contribution in [0.25, 0.3) is 5.57 Å². The Bertz CT molecular complexity index is 203. The first-order valence-electron chi connectivity index (χ1n) is 2.72. The molecule has 2 heteroatoms. The molecule has 1 heterocycles. The van der Waals surface area contributed by atoms with E-state index in [0.717, 1.165) is 11.3 Å². The van der Waals surface area contributed by atoms with E-state index >= 15 is 0 Å². The summed E-state index contributed by atoms with van der Waals surface area (Å²) in [5, 5.41) is 0. The van der Waals surface area contributed by atoms with Crippen LogP contribution in [0.4, 0.5) is 0 Å². The number of aromatic nitrogens is 2. The van der Waals surface area contributed by atoms with Crippen molar-refractivity contribution >= 4 is 5.57 Å². The van der Waals surface area contributed by atoms with Gasteiger partial charge >= 0.3 is 0 Å². The molecule has 1 aromatic heterocycles. The van der Waals surface area contributed by atoms with Gasteiger partial charge in [-0.05, 0) is 12.5 Å². The van der Waals surface area contributed by atoms with Gasteiger partial charge in [-0.1, -0.05) is 6.58 Å². The molecule has 2 nitrogen and oxygen atoms in total. The maximum absolute atomic E-state index is 4.02. The summed E-state index contributed by atoms with van der Waals surface area (Å²) < 4.78 is 0. The van der Waals surface area contributed by atoms with Gasteiger partial charge in [0.1, 0.15) is 0 Å². The summed E-state index contributed by atoms with van der Waals surface area (Å²) in [6.45, 7) is 5.63. The standard InChI is InChI=1S/C7H8N2/c1-6(2)7-5-8-3-4-9-7/h3-5H,1H2,2H3/i1+1. The molecule has 46 valence electrons. The molecule has 0 aliphatic rings. The number of hydrogen-bond donors (Lipinski definition) is 0. The van der Waals surface area contributed by atoms with Gasteiger partial charge in [0.2, 0.25) is 0 Å². The minimum Gasteiger partial charge on any atom is -0.261 e. The molecule has 0 amide bonds. The summed E-state index contributed by atoms with van der Waals surface area (Å²) in [7, 11) is 0. The van der Waals surface area contributed by atoms with Crippen molar-refractivity contribution in [3.05, 3.63) is 30.9 Å². The molecule has 0 saturated carbocycles. The van der Waals surface area contributed by atoms with Gasteiger partial charge in [0, 0.05) is 12.4 Å². The van der Waals surface area contributed by atoms with Gasteiger partial charge in [0.25, 0.3) is 0 Å². The van der Waals surface area contributed by atoms with E-state index in [9.17, 15) is 0 Å². The smallest absolute Gasteiger partial charge is 0.0836 e. The van der Waals surface area contributed by atoms with Crippen LogP contribution in [0.3, 0.4) is 0 Å². The van der Waals surface area contributed by atoms with Gasteiger partial charge in [-0.2, -0.15) is 0 Å². The third kappa shape index (κ3) is 1.35. The monoisotopic (exact) mass is 121 g/mol. The molecule has 0 spiro atoms. The fraction of sp³-hybridized carbons (Fsp3) is 0.143. The van der Waals surface area contributed by atoms with Gasteiger partial charge in [-0.25, -0.2) is 0 Å². The zero-order valence-corrected chi connectivity index (χ0v) is 5.33. The lowest BCUT2D eigenvalue weighted by Crippen LogP contribution is -1.83. The lowest BCUT2D eigenvalue weighted by Gasteiger charge is -1.92. The van der Waals surface area contributed by atoms with Crippen LogP contribution in [0.5, 0.6) is 0 Å². The van der Waals surface area contributed by atoms with Gasteiger partial charge in [-0.3, -0.25) is 9.97 Å². The van der Waals surface area contributed by atoms with E-state index in [1.165, 1.54) is 0 Å². The molecule has 0 radical (unpaired) electrons. The van der Waals surface area contributed by atoms with Crippen molar-refractivity contribution in [2.45, 2.75) is 6.92 Å². The Hall–Kier alpha value is -1.18. The Labute approximate surface area is 54.3 Å². The second kappa shape index (κ2) is 2.40. The molecule has 1 aromatic rings. The highest BCUT2D eigenvalue weighted by molar-refractivity contribution is 5.56. The minimum absolute atomic E-state index is 0.859. The van der Waals surface area contributed by atoms with Crippen molar-refractivity contribution in [2.24, 2.45) is 0 Å². The Morgan fingerprint density at radius 2 is 2.33 bits per heavy atom. The Morgan fingerprint density at radius 1 is 1.56 bits per heavy atom. The molecule has 0 bridgehead atoms. The molecule has 1 rings (SSSR count). The number of allylic oxidation sites excluding steroid dienone is 1. The van der Waals surface area contributed by atoms with E-state index < -0.39 is 0 Å². The van der Waals surface area contributed by atoms with Gasteiger partial charge in [-0.15, -0.1) is 0 Å². The van der Waals surface area contributed by atoms with E-state index in [0.29, 0.717) is 0 Å². The van der Waals surface area contributed by atoms with E-state index in [1.807, 2.05) is 6.92 Å². The van der Waals surface area contributed by atoms with Crippen LogP contribution in [-0.2, 0) is 0 Å². The molecule has 0 aliphatic carbocycles. The van der Waals surface area contributed by atoms with Crippen molar-refractivity contribution in [1.82, 2.24) is 9.97 Å². The maximum atomic E-state index is 4.02. The van der Waals surface area contributed by atoms with E-state index in [1.54, 1.807) is 18.6 Å². The third-order valence-electron chi connectivity index (χ3n) is 1.00. The van der Waals surface area contributed by atoms with Gasteiger partial charge < -0.3 is 0 Å². The second-order valence-corrected chi connectivity index (χ2v) is 1.87. The molecule has 0 saturated heterocycles. The number of hydrogen-bond acceptors (Lipinski definition) is 2. The summed E-state index contributed by atoms with van der Waals surface area (Å²) >= 11 is 0. The largest absolute Gasteiger partial charge is 0.261 e. The summed E-state index contributed by atoms with van der Waals surface area (Å²) in [5.74, 6) is 0. The summed E-state index contributed by atoms with van der Waals surface area (Å²) in [4.78, 5) is 7.90. The third-order valence-corrected chi connectivity index (χ3v) is 1.00. The average molecular weight is 121 g/mol. The second-order valence-electron chi connectivity index (χ2n) is 1.87. The van der Waals surface area contributed by atoms with Crippen LogP contribution in [-0.4, -0.2) is 9.97 Å². The Morgan fingerprint density at radius 3 is 2.67 bits per heavy atom. The van der Waals surface area contributed by atoms with E-state index in [4.69, 9.17) is 0 Å². The van der Waals surface area contributed by atoms with E-state index in [-0.39, 0.29) is 0 Å². The van der Waals surface area contributed by atoms with Crippen molar-refractivity contribution < 1.29 is 0 Å². The van der Waals surface area contributed by atoms with Crippen molar-refractivity contribution in [3.63, 3.8) is 0 Å². The molecular weight excluding hydrogens is 113 g/mol. The Kier molecular flexibility index (Phi) is 1.58. The SMILES string of the molecule is CC(=[13CH2])c1cnccn1. The van der Waals surface area contributed by atoms with E-state index in [2.05, 4.69) is 16.5 Å². The lowest BCUT2D eigenvalue weighted by atomic mass is 10.3. The van der Waals surface area contributed by atoms with Gasteiger partial charge in [0.15, 0.2) is 0 Å². The average Bonchev–Trinajstić information content (AvgIpc) is 1.90. The normalized spacial score (nSPS) is 9.00. The highest BCUT2D eigenvalue weighted by atomic mass is 14.8. The van der Waals surface area contributed by atoms with Gasteiger partial charge in [0.05, 0.1) is 11.9 Å². The summed E-state index contributed by atoms with van der Waals surface area (Å²) in [6, 6.07) is 0. The van der Waals surface area contributed by atoms with Crippen LogP contribution < -0.4 is 0 Å². The van der Waals surface area contributed by atoms with Crippen LogP contribution in [0, 0.1) is 0 Å². The first kappa shape index (κ1) is 5.95. The predicted octanol–water partition coefficient (Wildman–Crippen LogP) is 1.51. The molecule has 0 N–H and O–H groups in total. The maximum Gasteiger partial charge on any atom is 0.0836 e. The molecule has 0 fully saturated rings. The zero-order valence-electron chi connectivity index (χ0n) is 5.33. The topological polar surface area (TPSA) is 25.8 Å². The highest BCUT2D eigenvalue weighted by Gasteiger charge is 1.89. The molecule has 0 atom stereocenters. The van der Waals surface area contributed by atoms with Crippen LogP contribution in [0.15, 0.2) is 25.2 Å². The molecule has 0 aliphatic heterocycles. The molecule has 9 heavy (non-hydrogen) atoms.